The van der Waals surface area contributed by atoms with Crippen LogP contribution in [0.15, 0.2) is 53.3 Å². The number of aromatic nitrogens is 4. The van der Waals surface area contributed by atoms with Gasteiger partial charge in [-0.15, -0.1) is 0 Å². The second kappa shape index (κ2) is 5.16. The SMILES string of the molecule is Cc1n[nH]c2nc(-c3ccc(O)cc3)c3c(=O)[nH]c4ccccc4c3c12. The predicted molar refractivity (Wildman–Crippen MR) is 101 cm³/mol. The fourth-order valence-corrected chi connectivity index (χ4v) is 3.52. The monoisotopic (exact) mass is 342 g/mol. The summed E-state index contributed by atoms with van der Waals surface area (Å²) in [7, 11) is 0. The molecule has 5 aromatic rings. The number of rotatable bonds is 1. The number of aryl methyl sites for hydroxylation is 1. The van der Waals surface area contributed by atoms with Crippen LogP contribution in [0.1, 0.15) is 5.69 Å². The fraction of sp³-hybridized carbons (Fsp3) is 0.0500. The quantitative estimate of drug-likeness (QED) is 0.405. The summed E-state index contributed by atoms with van der Waals surface area (Å²) in [6.45, 7) is 1.90. The number of H-pyrrole nitrogens is 2. The lowest BCUT2D eigenvalue weighted by molar-refractivity contribution is 0.475. The van der Waals surface area contributed by atoms with Gasteiger partial charge in [0.2, 0.25) is 0 Å². The van der Waals surface area contributed by atoms with Crippen LogP contribution in [-0.4, -0.2) is 25.3 Å². The van der Waals surface area contributed by atoms with Crippen LogP contribution in [0.3, 0.4) is 0 Å². The van der Waals surface area contributed by atoms with Crippen LogP contribution in [0.2, 0.25) is 0 Å². The van der Waals surface area contributed by atoms with E-state index in [0.717, 1.165) is 32.9 Å². The predicted octanol–water partition coefficient (Wildman–Crippen LogP) is 3.63. The number of hydrogen-bond donors (Lipinski definition) is 3. The van der Waals surface area contributed by atoms with Gasteiger partial charge in [0.05, 0.1) is 22.2 Å². The van der Waals surface area contributed by atoms with E-state index in [2.05, 4.69) is 20.2 Å². The first-order chi connectivity index (χ1) is 12.6. The number of nitrogens with one attached hydrogen (secondary N) is 2. The third kappa shape index (κ3) is 1.96. The highest BCUT2D eigenvalue weighted by molar-refractivity contribution is 6.21. The molecule has 0 unspecified atom stereocenters. The van der Waals surface area contributed by atoms with Gasteiger partial charge >= 0.3 is 0 Å². The minimum Gasteiger partial charge on any atom is -0.508 e. The van der Waals surface area contributed by atoms with Gasteiger partial charge in [0.15, 0.2) is 5.65 Å². The summed E-state index contributed by atoms with van der Waals surface area (Å²) in [5.74, 6) is 0.163. The number of benzene rings is 2. The number of phenolic OH excluding ortho intramolecular Hbond substituents is 1. The van der Waals surface area contributed by atoms with Crippen molar-refractivity contribution in [2.24, 2.45) is 0 Å². The molecule has 126 valence electrons. The Hall–Kier alpha value is -3.67. The molecule has 6 heteroatoms. The Balaban J connectivity index is 2.08. The highest BCUT2D eigenvalue weighted by Gasteiger charge is 2.19. The van der Waals surface area contributed by atoms with Gasteiger partial charge in [0.25, 0.3) is 5.56 Å². The first-order valence-corrected chi connectivity index (χ1v) is 8.22. The lowest BCUT2D eigenvalue weighted by Crippen LogP contribution is -2.09. The van der Waals surface area contributed by atoms with E-state index in [1.165, 1.54) is 0 Å². The number of phenols is 1. The van der Waals surface area contributed by atoms with Crippen LogP contribution in [0.5, 0.6) is 5.75 Å². The molecular weight excluding hydrogens is 328 g/mol. The highest BCUT2D eigenvalue weighted by Crippen LogP contribution is 2.35. The Morgan fingerprint density at radius 2 is 1.73 bits per heavy atom. The summed E-state index contributed by atoms with van der Waals surface area (Å²) >= 11 is 0. The molecule has 3 aromatic heterocycles. The molecule has 3 N–H and O–H groups in total. The van der Waals surface area contributed by atoms with Crippen molar-refractivity contribution in [2.75, 3.05) is 0 Å². The van der Waals surface area contributed by atoms with Crippen LogP contribution >= 0.6 is 0 Å². The standard InChI is InChI=1S/C20H14N4O2/c1-10-15-16-13-4-2-3-5-14(13)21-20(26)17(16)18(22-19(15)24-23-10)11-6-8-12(25)9-7-11/h2-9,25H,1H3,(H,21,26)(H,22,23,24). The Labute approximate surface area is 147 Å². The highest BCUT2D eigenvalue weighted by atomic mass is 16.3. The van der Waals surface area contributed by atoms with E-state index in [1.54, 1.807) is 24.3 Å². The van der Waals surface area contributed by atoms with Crippen LogP contribution in [0.25, 0.3) is 44.0 Å². The molecule has 5 rings (SSSR count). The van der Waals surface area contributed by atoms with Crippen molar-refractivity contribution in [3.05, 3.63) is 64.6 Å². The van der Waals surface area contributed by atoms with Crippen molar-refractivity contribution in [1.82, 2.24) is 20.2 Å². The summed E-state index contributed by atoms with van der Waals surface area (Å²) in [4.78, 5) is 20.6. The van der Waals surface area contributed by atoms with E-state index >= 15 is 0 Å². The van der Waals surface area contributed by atoms with Crippen LogP contribution < -0.4 is 5.56 Å². The zero-order valence-electron chi connectivity index (χ0n) is 13.9. The van der Waals surface area contributed by atoms with E-state index in [-0.39, 0.29) is 11.3 Å². The van der Waals surface area contributed by atoms with E-state index in [4.69, 9.17) is 0 Å². The molecule has 0 amide bonds. The van der Waals surface area contributed by atoms with Crippen molar-refractivity contribution < 1.29 is 5.11 Å². The first-order valence-electron chi connectivity index (χ1n) is 8.22. The lowest BCUT2D eigenvalue weighted by Gasteiger charge is -2.10. The summed E-state index contributed by atoms with van der Waals surface area (Å²) in [5, 5.41) is 20.0. The van der Waals surface area contributed by atoms with Crippen LogP contribution in [0.4, 0.5) is 0 Å². The van der Waals surface area contributed by atoms with Crippen molar-refractivity contribution >= 4 is 32.7 Å². The maximum Gasteiger partial charge on any atom is 0.258 e. The summed E-state index contributed by atoms with van der Waals surface area (Å²) < 4.78 is 0. The van der Waals surface area contributed by atoms with Gasteiger partial charge in [0, 0.05) is 21.9 Å². The molecule has 0 bridgehead atoms. The minimum absolute atomic E-state index is 0.163. The van der Waals surface area contributed by atoms with Gasteiger partial charge < -0.3 is 10.1 Å². The third-order valence-electron chi connectivity index (χ3n) is 4.70. The van der Waals surface area contributed by atoms with E-state index < -0.39 is 0 Å². The maximum atomic E-state index is 13.0. The number of para-hydroxylation sites is 1. The number of aromatic hydroxyl groups is 1. The molecule has 0 aliphatic carbocycles. The molecule has 0 radical (unpaired) electrons. The molecule has 2 aromatic carbocycles. The van der Waals surface area contributed by atoms with Crippen molar-refractivity contribution in [2.45, 2.75) is 6.92 Å². The van der Waals surface area contributed by atoms with Crippen LogP contribution in [-0.2, 0) is 0 Å². The van der Waals surface area contributed by atoms with Gasteiger partial charge in [-0.2, -0.15) is 5.10 Å². The zero-order chi connectivity index (χ0) is 17.8. The van der Waals surface area contributed by atoms with Gasteiger partial charge in [-0.25, -0.2) is 4.98 Å². The topological polar surface area (TPSA) is 94.7 Å². The molecule has 3 heterocycles. The van der Waals surface area contributed by atoms with Gasteiger partial charge in [-0.05, 0) is 37.3 Å². The van der Waals surface area contributed by atoms with Gasteiger partial charge in [-0.3, -0.25) is 9.89 Å². The number of hydrogen-bond acceptors (Lipinski definition) is 4. The molecule has 6 nitrogen and oxygen atoms in total. The third-order valence-corrected chi connectivity index (χ3v) is 4.70. The smallest absolute Gasteiger partial charge is 0.258 e. The van der Waals surface area contributed by atoms with E-state index in [0.29, 0.717) is 16.7 Å². The Bertz CT molecular complexity index is 1360. The molecule has 0 saturated carbocycles. The molecule has 0 aliphatic heterocycles. The van der Waals surface area contributed by atoms with Crippen molar-refractivity contribution in [3.63, 3.8) is 0 Å². The second-order valence-electron chi connectivity index (χ2n) is 6.29. The fourth-order valence-electron chi connectivity index (χ4n) is 3.52. The summed E-state index contributed by atoms with van der Waals surface area (Å²) in [6, 6.07) is 14.4. The number of nitrogens with zero attached hydrogens (tertiary/aromatic N) is 2. The normalized spacial score (nSPS) is 11.6. The first kappa shape index (κ1) is 14.7. The van der Waals surface area contributed by atoms with Gasteiger partial charge in [-0.1, -0.05) is 18.2 Å². The average molecular weight is 342 g/mol. The van der Waals surface area contributed by atoms with Crippen molar-refractivity contribution in [1.29, 1.82) is 0 Å². The van der Waals surface area contributed by atoms with Crippen molar-refractivity contribution in [3.8, 4) is 17.0 Å². The zero-order valence-corrected chi connectivity index (χ0v) is 13.9. The Kier molecular flexibility index (Phi) is 2.91. The Morgan fingerprint density at radius 1 is 0.962 bits per heavy atom. The van der Waals surface area contributed by atoms with E-state index in [9.17, 15) is 9.90 Å². The van der Waals surface area contributed by atoms with Crippen LogP contribution in [0, 0.1) is 6.92 Å². The lowest BCUT2D eigenvalue weighted by atomic mass is 9.99. The molecule has 0 aliphatic rings. The largest absolute Gasteiger partial charge is 0.508 e. The summed E-state index contributed by atoms with van der Waals surface area (Å²) in [6.07, 6.45) is 0. The van der Waals surface area contributed by atoms with Gasteiger partial charge in [0.1, 0.15) is 5.75 Å². The second-order valence-corrected chi connectivity index (χ2v) is 6.29. The average Bonchev–Trinajstić information content (AvgIpc) is 3.02. The Morgan fingerprint density at radius 3 is 2.54 bits per heavy atom. The molecule has 0 spiro atoms. The number of pyridine rings is 2. The maximum absolute atomic E-state index is 13.0. The number of aromatic amines is 2. The molecule has 0 fully saturated rings. The summed E-state index contributed by atoms with van der Waals surface area (Å²) in [5.41, 5.74) is 3.32. The molecule has 0 saturated heterocycles. The van der Waals surface area contributed by atoms with E-state index in [1.807, 2.05) is 31.2 Å². The minimum atomic E-state index is -0.197. The number of fused-ring (bicyclic) bond motifs is 5. The molecule has 0 atom stereocenters. The molecule has 26 heavy (non-hydrogen) atoms. The molecular formula is C20H14N4O2.